The summed E-state index contributed by atoms with van der Waals surface area (Å²) in [5.74, 6) is -0.199. The molecule has 4 nitrogen and oxygen atoms in total. The molecule has 6 heteroatoms. The molecular weight excluding hydrogens is 286 g/mol. The average Bonchev–Trinajstić information content (AvgIpc) is 2.34. The molecule has 0 N–H and O–H groups in total. The van der Waals surface area contributed by atoms with Crippen molar-refractivity contribution in [3.05, 3.63) is 28.8 Å². The highest BCUT2D eigenvalue weighted by molar-refractivity contribution is 7.90. The Bertz CT molecular complexity index is 569. The van der Waals surface area contributed by atoms with E-state index < -0.39 is 9.84 Å². The topological polar surface area (TPSA) is 54.5 Å². The summed E-state index contributed by atoms with van der Waals surface area (Å²) in [6.07, 6.45) is 2.98. The van der Waals surface area contributed by atoms with Gasteiger partial charge < -0.3 is 4.90 Å². The van der Waals surface area contributed by atoms with Crippen molar-refractivity contribution < 1.29 is 13.2 Å². The fourth-order valence-corrected chi connectivity index (χ4v) is 2.94. The van der Waals surface area contributed by atoms with Crippen LogP contribution in [0.2, 0.25) is 5.02 Å². The third kappa shape index (κ3) is 4.21. The van der Waals surface area contributed by atoms with Crippen molar-refractivity contribution >= 4 is 27.3 Å². The third-order valence-electron chi connectivity index (χ3n) is 2.77. The second-order valence-electron chi connectivity index (χ2n) is 4.50. The summed E-state index contributed by atoms with van der Waals surface area (Å²) >= 11 is 5.84. The molecule has 1 aromatic rings. The van der Waals surface area contributed by atoms with Crippen molar-refractivity contribution in [3.63, 3.8) is 0 Å². The molecule has 1 amide bonds. The second-order valence-corrected chi connectivity index (χ2v) is 6.89. The number of amides is 1. The number of unbranched alkanes of at least 4 members (excludes halogenated alkanes) is 1. The van der Waals surface area contributed by atoms with Gasteiger partial charge in [-0.05, 0) is 24.6 Å². The highest BCUT2D eigenvalue weighted by Gasteiger charge is 2.17. The predicted molar refractivity (Wildman–Crippen MR) is 76.4 cm³/mol. The van der Waals surface area contributed by atoms with Crippen LogP contribution in [0.3, 0.4) is 0 Å². The third-order valence-corrected chi connectivity index (χ3v) is 4.35. The van der Waals surface area contributed by atoms with Gasteiger partial charge in [-0.15, -0.1) is 0 Å². The summed E-state index contributed by atoms with van der Waals surface area (Å²) in [5, 5.41) is 0.135. The predicted octanol–water partition coefficient (Wildman–Crippen LogP) is 2.62. The Morgan fingerprint density at radius 2 is 2.00 bits per heavy atom. The molecule has 0 spiro atoms. The van der Waals surface area contributed by atoms with E-state index in [0.29, 0.717) is 12.1 Å². The van der Waals surface area contributed by atoms with Crippen LogP contribution in [-0.4, -0.2) is 39.1 Å². The van der Waals surface area contributed by atoms with Crippen molar-refractivity contribution in [2.45, 2.75) is 24.7 Å². The van der Waals surface area contributed by atoms with Gasteiger partial charge in [-0.3, -0.25) is 4.79 Å². The molecule has 106 valence electrons. The monoisotopic (exact) mass is 303 g/mol. The van der Waals surface area contributed by atoms with Crippen LogP contribution < -0.4 is 0 Å². The molecule has 19 heavy (non-hydrogen) atoms. The zero-order valence-corrected chi connectivity index (χ0v) is 12.9. The summed E-state index contributed by atoms with van der Waals surface area (Å²) in [6, 6.07) is 4.32. The Kier molecular flexibility index (Phi) is 5.38. The molecule has 0 bridgehead atoms. The first-order valence-electron chi connectivity index (χ1n) is 6.02. The number of rotatable bonds is 5. The lowest BCUT2D eigenvalue weighted by atomic mass is 10.2. The molecule has 0 saturated carbocycles. The lowest BCUT2D eigenvalue weighted by molar-refractivity contribution is 0.0793. The number of carbonyl (C=O) groups is 1. The van der Waals surface area contributed by atoms with Crippen LogP contribution >= 0.6 is 11.6 Å². The molecule has 0 fully saturated rings. The number of nitrogens with zero attached hydrogens (tertiary/aromatic N) is 1. The van der Waals surface area contributed by atoms with Gasteiger partial charge in [0.1, 0.15) is 0 Å². The van der Waals surface area contributed by atoms with Gasteiger partial charge in [0.25, 0.3) is 5.91 Å². The molecule has 1 rings (SSSR count). The quantitative estimate of drug-likeness (QED) is 0.840. The average molecular weight is 304 g/mol. The van der Waals surface area contributed by atoms with Gasteiger partial charge in [-0.25, -0.2) is 8.42 Å². The van der Waals surface area contributed by atoms with Gasteiger partial charge in [0.05, 0.1) is 9.92 Å². The van der Waals surface area contributed by atoms with E-state index in [4.69, 9.17) is 11.6 Å². The molecule has 0 atom stereocenters. The Morgan fingerprint density at radius 1 is 1.37 bits per heavy atom. The molecule has 0 aromatic heterocycles. The van der Waals surface area contributed by atoms with E-state index in [-0.39, 0.29) is 15.8 Å². The summed E-state index contributed by atoms with van der Waals surface area (Å²) in [6.45, 7) is 2.69. The van der Waals surface area contributed by atoms with Crippen LogP contribution in [0, 0.1) is 0 Å². The van der Waals surface area contributed by atoms with Gasteiger partial charge in [-0.2, -0.15) is 0 Å². The van der Waals surface area contributed by atoms with Gasteiger partial charge in [0.2, 0.25) is 0 Å². The van der Waals surface area contributed by atoms with Crippen LogP contribution in [0.15, 0.2) is 23.1 Å². The highest BCUT2D eigenvalue weighted by Crippen LogP contribution is 2.23. The number of hydrogen-bond donors (Lipinski definition) is 0. The number of halogens is 1. The van der Waals surface area contributed by atoms with E-state index >= 15 is 0 Å². The largest absolute Gasteiger partial charge is 0.342 e. The standard InChI is InChI=1S/C13H18ClNO3S/c1-4-5-8-15(2)13(16)10-6-7-11(14)12(9-10)19(3,17)18/h6-7,9H,4-5,8H2,1-3H3. The maximum absolute atomic E-state index is 12.1. The van der Waals surface area contributed by atoms with Crippen LogP contribution in [-0.2, 0) is 9.84 Å². The Morgan fingerprint density at radius 3 is 2.53 bits per heavy atom. The normalized spacial score (nSPS) is 11.4. The van der Waals surface area contributed by atoms with Crippen molar-refractivity contribution in [3.8, 4) is 0 Å². The maximum Gasteiger partial charge on any atom is 0.253 e. The molecule has 0 aliphatic rings. The first-order valence-corrected chi connectivity index (χ1v) is 8.29. The lowest BCUT2D eigenvalue weighted by Gasteiger charge is -2.17. The van der Waals surface area contributed by atoms with Crippen LogP contribution in [0.1, 0.15) is 30.1 Å². The lowest BCUT2D eigenvalue weighted by Crippen LogP contribution is -2.27. The Hall–Kier alpha value is -1.07. The minimum absolute atomic E-state index is 0.0103. The first-order chi connectivity index (χ1) is 8.77. The van der Waals surface area contributed by atoms with Crippen molar-refractivity contribution in [2.75, 3.05) is 19.8 Å². The number of benzene rings is 1. The zero-order chi connectivity index (χ0) is 14.6. The summed E-state index contributed by atoms with van der Waals surface area (Å²) in [4.78, 5) is 13.7. The second kappa shape index (κ2) is 6.39. The van der Waals surface area contributed by atoms with Gasteiger partial charge in [0, 0.05) is 25.4 Å². The molecule has 0 radical (unpaired) electrons. The molecule has 0 saturated heterocycles. The van der Waals surface area contributed by atoms with Crippen LogP contribution in [0.25, 0.3) is 0 Å². The molecule has 0 aliphatic carbocycles. The van der Waals surface area contributed by atoms with E-state index in [1.54, 1.807) is 18.0 Å². The summed E-state index contributed by atoms with van der Waals surface area (Å²) < 4.78 is 23.1. The van der Waals surface area contributed by atoms with E-state index in [9.17, 15) is 13.2 Å². The van der Waals surface area contributed by atoms with Gasteiger partial charge in [-0.1, -0.05) is 24.9 Å². The molecular formula is C13H18ClNO3S. The minimum Gasteiger partial charge on any atom is -0.342 e. The molecule has 1 aromatic carbocycles. The molecule has 0 aliphatic heterocycles. The fourth-order valence-electron chi connectivity index (χ4n) is 1.64. The van der Waals surface area contributed by atoms with E-state index in [2.05, 4.69) is 0 Å². The number of carbonyl (C=O) groups excluding carboxylic acids is 1. The summed E-state index contributed by atoms with van der Waals surface area (Å²) in [5.41, 5.74) is 0.337. The van der Waals surface area contributed by atoms with Gasteiger partial charge >= 0.3 is 0 Å². The highest BCUT2D eigenvalue weighted by atomic mass is 35.5. The Labute approximate surface area is 119 Å². The van der Waals surface area contributed by atoms with Crippen molar-refractivity contribution in [1.82, 2.24) is 4.90 Å². The van der Waals surface area contributed by atoms with E-state index in [1.807, 2.05) is 6.92 Å². The Balaban J connectivity index is 3.06. The molecule has 0 heterocycles. The van der Waals surface area contributed by atoms with Crippen molar-refractivity contribution in [2.24, 2.45) is 0 Å². The van der Waals surface area contributed by atoms with Gasteiger partial charge in [0.15, 0.2) is 9.84 Å². The fraction of sp³-hybridized carbons (Fsp3) is 0.462. The van der Waals surface area contributed by atoms with Crippen LogP contribution in [0.4, 0.5) is 0 Å². The first kappa shape index (κ1) is 16.0. The van der Waals surface area contributed by atoms with E-state index in [0.717, 1.165) is 19.1 Å². The smallest absolute Gasteiger partial charge is 0.253 e. The number of sulfone groups is 1. The van der Waals surface area contributed by atoms with Crippen molar-refractivity contribution in [1.29, 1.82) is 0 Å². The zero-order valence-electron chi connectivity index (χ0n) is 11.3. The van der Waals surface area contributed by atoms with Crippen LogP contribution in [0.5, 0.6) is 0 Å². The number of hydrogen-bond acceptors (Lipinski definition) is 3. The summed E-state index contributed by atoms with van der Waals surface area (Å²) in [7, 11) is -1.73. The maximum atomic E-state index is 12.1. The minimum atomic E-state index is -3.43. The van der Waals surface area contributed by atoms with E-state index in [1.165, 1.54) is 12.1 Å². The SMILES string of the molecule is CCCCN(C)C(=O)c1ccc(Cl)c(S(C)(=O)=O)c1. The molecule has 0 unspecified atom stereocenters.